The van der Waals surface area contributed by atoms with Gasteiger partial charge in [-0.15, -0.1) is 0 Å². The second-order valence-corrected chi connectivity index (χ2v) is 1.45. The molecule has 0 unspecified atom stereocenters. The van der Waals surface area contributed by atoms with E-state index in [-0.39, 0.29) is 0 Å². The molecule has 5 nitrogen and oxygen atoms in total. The highest BCUT2D eigenvalue weighted by atomic mass is 16.7. The molecular weight excluding hydrogens is 122 g/mol. The van der Waals surface area contributed by atoms with E-state index < -0.39 is 5.03 Å². The fourth-order valence-electron chi connectivity index (χ4n) is 0.414. The number of nitrogens with zero attached hydrogens (tertiary/aromatic N) is 2. The van der Waals surface area contributed by atoms with Gasteiger partial charge in [0.1, 0.15) is 0 Å². The molecule has 0 radical (unpaired) electrons. The Kier molecular flexibility index (Phi) is 3.34. The molecular formula is C4H9N3O2. The largest absolute Gasteiger partial charge is 0.369 e. The van der Waals surface area contributed by atoms with Gasteiger partial charge in [-0.25, -0.2) is 10.1 Å². The van der Waals surface area contributed by atoms with Crippen molar-refractivity contribution in [2.24, 2.45) is 5.10 Å². The number of nitrogens with one attached hydrogen (secondary N) is 1. The van der Waals surface area contributed by atoms with Gasteiger partial charge in [0.05, 0.1) is 5.10 Å². The molecule has 0 bridgehead atoms. The lowest BCUT2D eigenvalue weighted by atomic mass is 10.6. The molecule has 1 N–H and O–H groups in total. The summed E-state index contributed by atoms with van der Waals surface area (Å²) in [7, 11) is 0. The minimum atomic E-state index is -0.724. The molecule has 0 aliphatic rings. The Morgan fingerprint density at radius 2 is 2.44 bits per heavy atom. The van der Waals surface area contributed by atoms with E-state index in [2.05, 4.69) is 10.4 Å². The van der Waals surface area contributed by atoms with Crippen LogP contribution in [0.5, 0.6) is 0 Å². The highest BCUT2D eigenvalue weighted by Gasteiger charge is 1.92. The van der Waals surface area contributed by atoms with Crippen LogP contribution in [-0.4, -0.2) is 17.4 Å². The summed E-state index contributed by atoms with van der Waals surface area (Å²) in [6.45, 7) is 4.05. The number of amidine groups is 1. The van der Waals surface area contributed by atoms with Crippen molar-refractivity contribution < 1.29 is 5.03 Å². The zero-order valence-corrected chi connectivity index (χ0v) is 5.42. The van der Waals surface area contributed by atoms with Crippen LogP contribution >= 0.6 is 0 Å². The van der Waals surface area contributed by atoms with Crippen molar-refractivity contribution in [1.29, 1.82) is 0 Å². The molecule has 0 fully saturated rings. The van der Waals surface area contributed by atoms with Gasteiger partial charge in [-0.3, -0.25) is 0 Å². The highest BCUT2D eigenvalue weighted by molar-refractivity contribution is 5.78. The van der Waals surface area contributed by atoms with Crippen LogP contribution in [0.1, 0.15) is 13.8 Å². The average molecular weight is 131 g/mol. The van der Waals surface area contributed by atoms with Crippen LogP contribution in [0.4, 0.5) is 0 Å². The van der Waals surface area contributed by atoms with Crippen LogP contribution in [0.25, 0.3) is 0 Å². The monoisotopic (exact) mass is 131 g/mol. The van der Waals surface area contributed by atoms with Crippen LogP contribution in [-0.2, 0) is 0 Å². The smallest absolute Gasteiger partial charge is 0.192 e. The first-order valence-electron chi connectivity index (χ1n) is 2.60. The molecule has 0 aromatic carbocycles. The molecule has 0 atom stereocenters. The number of hydrogen-bond donors (Lipinski definition) is 1. The van der Waals surface area contributed by atoms with Gasteiger partial charge in [0.15, 0.2) is 10.9 Å². The molecule has 0 saturated carbocycles. The summed E-state index contributed by atoms with van der Waals surface area (Å²) < 4.78 is 0. The maximum atomic E-state index is 9.66. The minimum absolute atomic E-state index is 0.336. The van der Waals surface area contributed by atoms with E-state index in [1.54, 1.807) is 6.92 Å². The molecule has 52 valence electrons. The van der Waals surface area contributed by atoms with Crippen molar-refractivity contribution >= 4 is 5.84 Å². The first kappa shape index (κ1) is 7.87. The predicted molar refractivity (Wildman–Crippen MR) is 33.8 cm³/mol. The molecule has 0 spiro atoms. The third-order valence-corrected chi connectivity index (χ3v) is 0.664. The molecule has 0 amide bonds. The lowest BCUT2D eigenvalue weighted by Gasteiger charge is -1.93. The average Bonchev–Trinajstić information content (AvgIpc) is 1.63. The van der Waals surface area contributed by atoms with Gasteiger partial charge in [-0.05, 0) is 13.8 Å². The summed E-state index contributed by atoms with van der Waals surface area (Å²) in [6.07, 6.45) is 0. The molecule has 0 heterocycles. The number of hydrogen-bond acceptors (Lipinski definition) is 2. The third-order valence-electron chi connectivity index (χ3n) is 0.664. The second kappa shape index (κ2) is 3.82. The highest BCUT2D eigenvalue weighted by Crippen LogP contribution is 1.72. The zero-order valence-electron chi connectivity index (χ0n) is 5.42. The van der Waals surface area contributed by atoms with E-state index in [9.17, 15) is 10.1 Å². The summed E-state index contributed by atoms with van der Waals surface area (Å²) in [5.74, 6) is 0.336. The number of nitro groups is 1. The minimum Gasteiger partial charge on any atom is -0.369 e. The van der Waals surface area contributed by atoms with Crippen LogP contribution in [0.2, 0.25) is 0 Å². The van der Waals surface area contributed by atoms with Crippen molar-refractivity contribution in [3.63, 3.8) is 0 Å². The van der Waals surface area contributed by atoms with Crippen LogP contribution in [0.15, 0.2) is 5.10 Å². The van der Waals surface area contributed by atoms with Crippen molar-refractivity contribution in [3.05, 3.63) is 10.1 Å². The normalized spacial score (nSPS) is 11.1. The van der Waals surface area contributed by atoms with Crippen molar-refractivity contribution in [1.82, 2.24) is 5.32 Å². The van der Waals surface area contributed by atoms with E-state index in [4.69, 9.17) is 0 Å². The van der Waals surface area contributed by atoms with E-state index in [0.717, 1.165) is 0 Å². The SMILES string of the molecule is CCN/C(C)=N\[N+](=O)[O-]. The fraction of sp³-hybridized carbons (Fsp3) is 0.750. The third kappa shape index (κ3) is 4.73. The van der Waals surface area contributed by atoms with Crippen LogP contribution < -0.4 is 5.32 Å². The van der Waals surface area contributed by atoms with E-state index >= 15 is 0 Å². The van der Waals surface area contributed by atoms with Gasteiger partial charge in [0.25, 0.3) is 0 Å². The fourth-order valence-corrected chi connectivity index (χ4v) is 0.414. The molecule has 9 heavy (non-hydrogen) atoms. The first-order chi connectivity index (χ1) is 4.16. The van der Waals surface area contributed by atoms with Crippen LogP contribution in [0.3, 0.4) is 0 Å². The van der Waals surface area contributed by atoms with E-state index in [1.807, 2.05) is 6.92 Å². The molecule has 0 rings (SSSR count). The van der Waals surface area contributed by atoms with Gasteiger partial charge >= 0.3 is 0 Å². The Morgan fingerprint density at radius 1 is 1.89 bits per heavy atom. The maximum Gasteiger partial charge on any atom is 0.192 e. The van der Waals surface area contributed by atoms with Crippen molar-refractivity contribution in [2.45, 2.75) is 13.8 Å². The maximum absolute atomic E-state index is 9.66. The van der Waals surface area contributed by atoms with Gasteiger partial charge in [-0.1, -0.05) is 0 Å². The molecule has 0 aliphatic carbocycles. The summed E-state index contributed by atoms with van der Waals surface area (Å²) in [5.41, 5.74) is 0. The summed E-state index contributed by atoms with van der Waals surface area (Å²) in [4.78, 5) is 9.66. The van der Waals surface area contributed by atoms with Crippen LogP contribution in [0, 0.1) is 10.1 Å². The van der Waals surface area contributed by atoms with E-state index in [1.165, 1.54) is 0 Å². The quantitative estimate of drug-likeness (QED) is 0.252. The first-order valence-corrected chi connectivity index (χ1v) is 2.60. The number of hydrazone groups is 1. The topological polar surface area (TPSA) is 67.5 Å². The Bertz CT molecular complexity index is 132. The second-order valence-electron chi connectivity index (χ2n) is 1.45. The number of rotatable bonds is 2. The predicted octanol–water partition coefficient (Wildman–Crippen LogP) is 0.206. The van der Waals surface area contributed by atoms with Gasteiger partial charge in [-0.2, -0.15) is 0 Å². The molecule has 0 aliphatic heterocycles. The Morgan fingerprint density at radius 3 is 2.78 bits per heavy atom. The van der Waals surface area contributed by atoms with Gasteiger partial charge in [0.2, 0.25) is 0 Å². The molecule has 0 saturated heterocycles. The molecule has 0 aromatic heterocycles. The summed E-state index contributed by atoms with van der Waals surface area (Å²) in [5, 5.41) is 14.6. The standard InChI is InChI=1S/C4H9N3O2/c1-3-5-4(2)6-7(8)9/h3H2,1-2H3,(H,5,6). The summed E-state index contributed by atoms with van der Waals surface area (Å²) >= 11 is 0. The Balaban J connectivity index is 3.69. The Hall–Kier alpha value is -1.13. The van der Waals surface area contributed by atoms with E-state index in [0.29, 0.717) is 12.4 Å². The lowest BCUT2D eigenvalue weighted by Crippen LogP contribution is -2.20. The lowest BCUT2D eigenvalue weighted by molar-refractivity contribution is -0.485. The Labute approximate surface area is 52.9 Å². The molecule has 0 aromatic rings. The van der Waals surface area contributed by atoms with Gasteiger partial charge in [0, 0.05) is 6.54 Å². The summed E-state index contributed by atoms with van der Waals surface area (Å²) in [6, 6.07) is 0. The zero-order chi connectivity index (χ0) is 7.28. The van der Waals surface area contributed by atoms with Crippen molar-refractivity contribution in [2.75, 3.05) is 6.54 Å². The van der Waals surface area contributed by atoms with Crippen molar-refractivity contribution in [3.8, 4) is 0 Å². The molecule has 5 heteroatoms. The van der Waals surface area contributed by atoms with Gasteiger partial charge < -0.3 is 5.32 Å².